The Labute approximate surface area is 107 Å². The van der Waals surface area contributed by atoms with Crippen molar-refractivity contribution in [3.63, 3.8) is 0 Å². The average Bonchev–Trinajstić information content (AvgIpc) is 2.78. The van der Waals surface area contributed by atoms with Crippen LogP contribution in [-0.2, 0) is 9.53 Å². The van der Waals surface area contributed by atoms with Gasteiger partial charge < -0.3 is 9.84 Å². The third kappa shape index (κ3) is 1.43. The summed E-state index contributed by atoms with van der Waals surface area (Å²) in [5.74, 6) is -0.374. The predicted octanol–water partition coefficient (Wildman–Crippen LogP) is 1.99. The van der Waals surface area contributed by atoms with Crippen molar-refractivity contribution in [2.45, 2.75) is 31.5 Å². The number of carbonyl (C=O) groups excluding carboxylic acids is 1. The molecule has 0 aromatic rings. The molecule has 1 heterocycles. The van der Waals surface area contributed by atoms with Crippen LogP contribution in [0.3, 0.4) is 0 Å². The van der Waals surface area contributed by atoms with Gasteiger partial charge in [0.25, 0.3) is 0 Å². The van der Waals surface area contributed by atoms with Crippen LogP contribution in [0.1, 0.15) is 19.3 Å². The largest absolute Gasteiger partial charge is 0.458 e. The monoisotopic (exact) mass is 246 g/mol. The first kappa shape index (κ1) is 11.7. The fourth-order valence-corrected chi connectivity index (χ4v) is 3.78. The summed E-state index contributed by atoms with van der Waals surface area (Å²) in [5, 5.41) is 10.6. The van der Waals surface area contributed by atoms with Crippen LogP contribution >= 0.6 is 0 Å². The van der Waals surface area contributed by atoms with E-state index in [-0.39, 0.29) is 29.8 Å². The molecule has 0 spiro atoms. The molecule has 5 atom stereocenters. The van der Waals surface area contributed by atoms with Gasteiger partial charge in [0.15, 0.2) is 0 Å². The van der Waals surface area contributed by atoms with Crippen LogP contribution in [0, 0.1) is 17.8 Å². The van der Waals surface area contributed by atoms with E-state index in [4.69, 9.17) is 4.74 Å². The molecule has 3 fully saturated rings. The molecule has 0 bridgehead atoms. The molecule has 0 amide bonds. The maximum absolute atomic E-state index is 11.6. The first-order chi connectivity index (χ1) is 8.50. The van der Waals surface area contributed by atoms with Crippen LogP contribution in [-0.4, -0.2) is 23.3 Å². The van der Waals surface area contributed by atoms with E-state index in [2.05, 4.69) is 19.7 Å². The summed E-state index contributed by atoms with van der Waals surface area (Å²) in [7, 11) is 0. The van der Waals surface area contributed by atoms with Crippen molar-refractivity contribution in [3.05, 3.63) is 36.5 Å². The van der Waals surface area contributed by atoms with E-state index in [1.165, 1.54) is 0 Å². The van der Waals surface area contributed by atoms with Crippen molar-refractivity contribution >= 4 is 5.97 Å². The summed E-state index contributed by atoms with van der Waals surface area (Å²) in [6.45, 7) is 12.0. The Bertz CT molecular complexity index is 462. The summed E-state index contributed by atoms with van der Waals surface area (Å²) in [6, 6.07) is 0. The highest BCUT2D eigenvalue weighted by Gasteiger charge is 2.52. The fourth-order valence-electron chi connectivity index (χ4n) is 3.78. The minimum atomic E-state index is -0.617. The Morgan fingerprint density at radius 1 is 1.17 bits per heavy atom. The molecule has 1 aliphatic heterocycles. The predicted molar refractivity (Wildman–Crippen MR) is 67.6 cm³/mol. The Morgan fingerprint density at radius 2 is 1.89 bits per heavy atom. The van der Waals surface area contributed by atoms with Crippen LogP contribution in [0.25, 0.3) is 0 Å². The Balaban J connectivity index is 2.01. The molecule has 3 heteroatoms. The number of fused-ring (bicyclic) bond motifs is 2. The molecule has 2 aliphatic carbocycles. The fraction of sp³-hybridized carbons (Fsp3) is 0.533. The van der Waals surface area contributed by atoms with E-state index in [1.54, 1.807) is 0 Å². The molecule has 0 aromatic carbocycles. The Morgan fingerprint density at radius 3 is 2.61 bits per heavy atom. The highest BCUT2D eigenvalue weighted by molar-refractivity contribution is 5.91. The summed E-state index contributed by atoms with van der Waals surface area (Å²) >= 11 is 0. The second-order valence-corrected chi connectivity index (χ2v) is 5.68. The lowest BCUT2D eigenvalue weighted by molar-refractivity contribution is -0.139. The van der Waals surface area contributed by atoms with E-state index >= 15 is 0 Å². The Hall–Kier alpha value is -1.35. The number of aliphatic hydroxyl groups excluding tert-OH is 1. The zero-order valence-electron chi connectivity index (χ0n) is 10.4. The minimum Gasteiger partial charge on any atom is -0.458 e. The third-order valence-corrected chi connectivity index (χ3v) is 4.73. The lowest BCUT2D eigenvalue weighted by Crippen LogP contribution is -2.34. The number of rotatable bonds is 0. The van der Waals surface area contributed by atoms with Gasteiger partial charge in [-0.1, -0.05) is 30.9 Å². The highest BCUT2D eigenvalue weighted by atomic mass is 16.6. The number of ether oxygens (including phenoxy) is 1. The van der Waals surface area contributed by atoms with E-state index in [1.807, 2.05) is 0 Å². The number of carbonyl (C=O) groups is 1. The van der Waals surface area contributed by atoms with Crippen LogP contribution in [0.4, 0.5) is 0 Å². The van der Waals surface area contributed by atoms with Gasteiger partial charge in [0.2, 0.25) is 0 Å². The molecule has 0 radical (unpaired) electrons. The molecule has 3 nitrogen and oxygen atoms in total. The third-order valence-electron chi connectivity index (χ3n) is 4.73. The van der Waals surface area contributed by atoms with E-state index < -0.39 is 6.10 Å². The van der Waals surface area contributed by atoms with Crippen molar-refractivity contribution in [3.8, 4) is 0 Å². The maximum Gasteiger partial charge on any atom is 0.334 e. The first-order valence-corrected chi connectivity index (χ1v) is 6.44. The number of aliphatic hydroxyl groups is 1. The molecular weight excluding hydrogens is 228 g/mol. The first-order valence-electron chi connectivity index (χ1n) is 6.44. The van der Waals surface area contributed by atoms with Crippen molar-refractivity contribution in [2.24, 2.45) is 17.8 Å². The van der Waals surface area contributed by atoms with Gasteiger partial charge in [-0.2, -0.15) is 0 Å². The smallest absolute Gasteiger partial charge is 0.334 e. The number of hydrogen-bond donors (Lipinski definition) is 1. The molecule has 0 aromatic heterocycles. The molecule has 1 saturated heterocycles. The van der Waals surface area contributed by atoms with E-state index in [9.17, 15) is 9.90 Å². The van der Waals surface area contributed by atoms with Gasteiger partial charge in [-0.25, -0.2) is 4.79 Å². The SMILES string of the molecule is C=C1CC[C@@H]2C(=C)C[C@@H]3OC(=O)C(=C)[C@H]3[C@H](O)[C@@H]12. The van der Waals surface area contributed by atoms with Gasteiger partial charge in [0.05, 0.1) is 12.0 Å². The van der Waals surface area contributed by atoms with Gasteiger partial charge in [-0.05, 0) is 18.8 Å². The van der Waals surface area contributed by atoms with Crippen LogP contribution < -0.4 is 0 Å². The van der Waals surface area contributed by atoms with Gasteiger partial charge in [0.1, 0.15) is 6.10 Å². The maximum atomic E-state index is 11.6. The highest BCUT2D eigenvalue weighted by Crippen LogP contribution is 2.50. The molecule has 3 aliphatic rings. The van der Waals surface area contributed by atoms with Gasteiger partial charge in [0, 0.05) is 17.9 Å². The minimum absolute atomic E-state index is 0.0127. The van der Waals surface area contributed by atoms with Crippen LogP contribution in [0.2, 0.25) is 0 Å². The lowest BCUT2D eigenvalue weighted by atomic mass is 9.80. The zero-order chi connectivity index (χ0) is 13.0. The normalized spacial score (nSPS) is 43.5. The molecule has 3 rings (SSSR count). The average molecular weight is 246 g/mol. The zero-order valence-corrected chi connectivity index (χ0v) is 10.4. The standard InChI is InChI=1S/C15H18O3/c1-7-4-5-10-8(2)6-11-13(14(16)12(7)10)9(3)15(17)18-11/h10-14,16H,1-6H2/t10-,11+,12+,13-,14-/m1/s1. The second kappa shape index (κ2) is 3.82. The van der Waals surface area contributed by atoms with Crippen LogP contribution in [0.15, 0.2) is 36.5 Å². The molecular formula is C15H18O3. The van der Waals surface area contributed by atoms with Crippen molar-refractivity contribution < 1.29 is 14.6 Å². The summed E-state index contributed by atoms with van der Waals surface area (Å²) in [5.41, 5.74) is 2.55. The molecule has 96 valence electrons. The summed E-state index contributed by atoms with van der Waals surface area (Å²) in [4.78, 5) is 11.6. The van der Waals surface area contributed by atoms with Crippen LogP contribution in [0.5, 0.6) is 0 Å². The molecule has 1 N–H and O–H groups in total. The van der Waals surface area contributed by atoms with Gasteiger partial charge in [-0.3, -0.25) is 0 Å². The quantitative estimate of drug-likeness (QED) is 0.404. The van der Waals surface area contributed by atoms with Gasteiger partial charge >= 0.3 is 5.97 Å². The van der Waals surface area contributed by atoms with Crippen molar-refractivity contribution in [2.75, 3.05) is 0 Å². The molecule has 2 saturated carbocycles. The number of esters is 1. The van der Waals surface area contributed by atoms with E-state index in [0.29, 0.717) is 12.0 Å². The van der Waals surface area contributed by atoms with Gasteiger partial charge in [-0.15, -0.1) is 0 Å². The Kier molecular flexibility index (Phi) is 2.49. The van der Waals surface area contributed by atoms with Crippen molar-refractivity contribution in [1.82, 2.24) is 0 Å². The molecule has 18 heavy (non-hydrogen) atoms. The second-order valence-electron chi connectivity index (χ2n) is 5.68. The number of hydrogen-bond acceptors (Lipinski definition) is 3. The summed E-state index contributed by atoms with van der Waals surface area (Å²) in [6.07, 6.45) is 1.67. The van der Waals surface area contributed by atoms with Crippen molar-refractivity contribution in [1.29, 1.82) is 0 Å². The topological polar surface area (TPSA) is 46.5 Å². The van der Waals surface area contributed by atoms with E-state index in [0.717, 1.165) is 24.0 Å². The lowest BCUT2D eigenvalue weighted by Gasteiger charge is -2.27. The summed E-state index contributed by atoms with van der Waals surface area (Å²) < 4.78 is 5.31. The molecule has 0 unspecified atom stereocenters.